The molecule has 0 saturated heterocycles. The molecule has 9 nitrogen and oxygen atoms in total. The van der Waals surface area contributed by atoms with Crippen LogP contribution < -0.4 is 14.4 Å². The smallest absolute Gasteiger partial charge is 0.265 e. The number of aryl methyl sites for hydroxylation is 1. The minimum Gasteiger partial charge on any atom is -0.482 e. The Labute approximate surface area is 181 Å². The molecule has 0 bridgehead atoms. The van der Waals surface area contributed by atoms with Crippen molar-refractivity contribution in [2.75, 3.05) is 16.2 Å². The molecule has 4 rings (SSSR count). The maximum Gasteiger partial charge on any atom is 0.265 e. The van der Waals surface area contributed by atoms with E-state index in [1.54, 1.807) is 0 Å². The van der Waals surface area contributed by atoms with Gasteiger partial charge in [-0.3, -0.25) is 14.4 Å². The van der Waals surface area contributed by atoms with Crippen molar-refractivity contribution in [3.8, 4) is 5.75 Å². The van der Waals surface area contributed by atoms with Gasteiger partial charge in [-0.15, -0.1) is 0 Å². The minimum atomic E-state index is -4.10. The number of nitrogens with zero attached hydrogens (tertiary/aromatic N) is 3. The average Bonchev–Trinajstić information content (AvgIpc) is 3.19. The second kappa shape index (κ2) is 8.16. The van der Waals surface area contributed by atoms with Crippen LogP contribution in [0.2, 0.25) is 5.02 Å². The van der Waals surface area contributed by atoms with E-state index in [4.69, 9.17) is 20.9 Å². The fourth-order valence-corrected chi connectivity index (χ4v) is 4.31. The molecule has 0 spiro atoms. The van der Waals surface area contributed by atoms with Crippen LogP contribution in [0.1, 0.15) is 18.6 Å². The summed E-state index contributed by atoms with van der Waals surface area (Å²) in [6.07, 6.45) is 0.542. The number of sulfonamides is 1. The van der Waals surface area contributed by atoms with Crippen LogP contribution >= 0.6 is 11.6 Å². The third kappa shape index (κ3) is 4.32. The van der Waals surface area contributed by atoms with E-state index in [1.807, 2.05) is 6.92 Å². The molecule has 0 atom stereocenters. The molecule has 12 heteroatoms. The summed E-state index contributed by atoms with van der Waals surface area (Å²) in [6, 6.07) is 7.37. The largest absolute Gasteiger partial charge is 0.482 e. The number of hydrogen-bond acceptors (Lipinski definition) is 7. The topological polar surface area (TPSA) is 115 Å². The van der Waals surface area contributed by atoms with Gasteiger partial charge in [0, 0.05) is 6.42 Å². The van der Waals surface area contributed by atoms with Gasteiger partial charge in [0.15, 0.2) is 12.4 Å². The van der Waals surface area contributed by atoms with Crippen LogP contribution in [0.5, 0.6) is 5.75 Å². The monoisotopic (exact) mass is 466 g/mol. The molecule has 0 fully saturated rings. The first-order valence-electron chi connectivity index (χ1n) is 9.13. The van der Waals surface area contributed by atoms with Crippen LogP contribution in [-0.4, -0.2) is 31.1 Å². The lowest BCUT2D eigenvalue weighted by Gasteiger charge is -2.28. The molecule has 0 aliphatic carbocycles. The van der Waals surface area contributed by atoms with Gasteiger partial charge in [-0.25, -0.2) is 12.8 Å². The minimum absolute atomic E-state index is 0.0145. The summed E-state index contributed by atoms with van der Waals surface area (Å²) in [5, 5.41) is 3.74. The maximum absolute atomic E-state index is 13.2. The summed E-state index contributed by atoms with van der Waals surface area (Å²) in [7, 11) is -4.10. The quantitative estimate of drug-likeness (QED) is 0.593. The Morgan fingerprint density at radius 1 is 1.26 bits per heavy atom. The zero-order chi connectivity index (χ0) is 22.2. The van der Waals surface area contributed by atoms with Crippen molar-refractivity contribution in [1.82, 2.24) is 10.1 Å². The van der Waals surface area contributed by atoms with Gasteiger partial charge in [0.2, 0.25) is 5.89 Å². The Hall–Kier alpha value is -3.18. The van der Waals surface area contributed by atoms with E-state index in [2.05, 4.69) is 14.9 Å². The number of carbonyl (C=O) groups excluding carboxylic acids is 1. The van der Waals surface area contributed by atoms with Crippen molar-refractivity contribution in [3.63, 3.8) is 0 Å². The van der Waals surface area contributed by atoms with Crippen LogP contribution in [0.4, 0.5) is 15.8 Å². The normalized spacial score (nSPS) is 13.6. The van der Waals surface area contributed by atoms with E-state index < -0.39 is 15.8 Å². The fraction of sp³-hybridized carbons (Fsp3) is 0.211. The summed E-state index contributed by atoms with van der Waals surface area (Å²) >= 11 is 5.92. The van der Waals surface area contributed by atoms with Crippen molar-refractivity contribution in [2.45, 2.75) is 24.8 Å². The van der Waals surface area contributed by atoms with E-state index >= 15 is 0 Å². The van der Waals surface area contributed by atoms with Crippen LogP contribution in [0.3, 0.4) is 0 Å². The predicted octanol–water partition coefficient (Wildman–Crippen LogP) is 3.15. The van der Waals surface area contributed by atoms with Gasteiger partial charge < -0.3 is 9.26 Å². The molecule has 1 N–H and O–H groups in total. The maximum atomic E-state index is 13.2. The van der Waals surface area contributed by atoms with E-state index in [-0.39, 0.29) is 46.2 Å². The molecule has 0 saturated carbocycles. The third-order valence-corrected chi connectivity index (χ3v) is 6.15. The van der Waals surface area contributed by atoms with Crippen LogP contribution in [0.25, 0.3) is 0 Å². The van der Waals surface area contributed by atoms with E-state index in [9.17, 15) is 17.6 Å². The lowest BCUT2D eigenvalue weighted by atomic mass is 10.2. The van der Waals surface area contributed by atoms with Gasteiger partial charge in [-0.1, -0.05) is 23.7 Å². The van der Waals surface area contributed by atoms with Gasteiger partial charge in [0.05, 0.1) is 27.8 Å². The molecule has 0 unspecified atom stereocenters. The predicted molar refractivity (Wildman–Crippen MR) is 109 cm³/mol. The highest BCUT2D eigenvalue weighted by atomic mass is 35.5. The molecular weight excluding hydrogens is 451 g/mol. The Bertz CT molecular complexity index is 1260. The number of amides is 1. The first-order chi connectivity index (χ1) is 14.8. The standard InChI is InChI=1S/C19H16ClFN4O5S/c1-2-18-22-17(23-30-18)9-25-15-8-12(4-6-16(15)29-10-19(25)26)31(27,28)24-14-5-3-11(21)7-13(14)20/h3-8,24H,2,9-10H2,1H3. The van der Waals surface area contributed by atoms with Crippen LogP contribution in [-0.2, 0) is 27.8 Å². The summed E-state index contributed by atoms with van der Waals surface area (Å²) in [5.74, 6) is 0.0490. The molecule has 2 heterocycles. The number of aromatic nitrogens is 2. The van der Waals surface area contributed by atoms with Gasteiger partial charge in [0.25, 0.3) is 15.9 Å². The number of anilines is 2. The molecule has 1 aliphatic rings. The number of nitrogens with one attached hydrogen (secondary N) is 1. The highest BCUT2D eigenvalue weighted by Crippen LogP contribution is 2.36. The van der Waals surface area contributed by atoms with Crippen molar-refractivity contribution in [1.29, 1.82) is 0 Å². The second-order valence-electron chi connectivity index (χ2n) is 6.59. The Morgan fingerprint density at radius 3 is 2.77 bits per heavy atom. The van der Waals surface area contributed by atoms with Gasteiger partial charge in [0.1, 0.15) is 11.6 Å². The number of rotatable bonds is 6. The first kappa shape index (κ1) is 21.1. The number of hydrogen-bond donors (Lipinski definition) is 1. The highest BCUT2D eigenvalue weighted by molar-refractivity contribution is 7.92. The molecule has 1 aliphatic heterocycles. The van der Waals surface area contributed by atoms with Crippen LogP contribution in [0.15, 0.2) is 45.8 Å². The second-order valence-corrected chi connectivity index (χ2v) is 8.68. The van der Waals surface area contributed by atoms with Crippen molar-refractivity contribution in [3.05, 3.63) is 59.0 Å². The number of benzene rings is 2. The van der Waals surface area contributed by atoms with Crippen molar-refractivity contribution < 1.29 is 26.9 Å². The zero-order valence-corrected chi connectivity index (χ0v) is 17.7. The molecular formula is C19H16ClFN4O5S. The summed E-state index contributed by atoms with van der Waals surface area (Å²) < 4.78 is 51.8. The number of carbonyl (C=O) groups is 1. The summed E-state index contributed by atoms with van der Waals surface area (Å²) in [6.45, 7) is 1.63. The molecule has 0 radical (unpaired) electrons. The third-order valence-electron chi connectivity index (χ3n) is 4.47. The summed E-state index contributed by atoms with van der Waals surface area (Å²) in [5.41, 5.74) is 0.260. The molecule has 2 aromatic carbocycles. The Kier molecular flexibility index (Phi) is 5.54. The van der Waals surface area contributed by atoms with E-state index in [1.165, 1.54) is 29.2 Å². The Balaban J connectivity index is 1.67. The molecule has 1 amide bonds. The fourth-order valence-electron chi connectivity index (χ4n) is 2.94. The van der Waals surface area contributed by atoms with Crippen molar-refractivity contribution >= 4 is 38.9 Å². The van der Waals surface area contributed by atoms with E-state index in [0.29, 0.717) is 18.1 Å². The summed E-state index contributed by atoms with van der Waals surface area (Å²) in [4.78, 5) is 17.8. The molecule has 1 aromatic heterocycles. The average molecular weight is 467 g/mol. The molecule has 3 aromatic rings. The first-order valence-corrected chi connectivity index (χ1v) is 11.0. The van der Waals surface area contributed by atoms with Crippen LogP contribution in [0, 0.1) is 5.82 Å². The molecule has 162 valence electrons. The van der Waals surface area contributed by atoms with Gasteiger partial charge >= 0.3 is 0 Å². The zero-order valence-electron chi connectivity index (χ0n) is 16.1. The highest BCUT2D eigenvalue weighted by Gasteiger charge is 2.29. The number of fused-ring (bicyclic) bond motifs is 1. The van der Waals surface area contributed by atoms with Crippen molar-refractivity contribution in [2.24, 2.45) is 0 Å². The van der Waals surface area contributed by atoms with Gasteiger partial charge in [-0.2, -0.15) is 4.98 Å². The van der Waals surface area contributed by atoms with Gasteiger partial charge in [-0.05, 0) is 36.4 Å². The SMILES string of the molecule is CCc1nc(CN2C(=O)COc3ccc(S(=O)(=O)Nc4ccc(F)cc4Cl)cc32)no1. The molecule has 31 heavy (non-hydrogen) atoms. The number of ether oxygens (including phenoxy) is 1. The Morgan fingerprint density at radius 2 is 2.06 bits per heavy atom. The lowest BCUT2D eigenvalue weighted by Crippen LogP contribution is -2.38. The lowest BCUT2D eigenvalue weighted by molar-refractivity contribution is -0.121. The van der Waals surface area contributed by atoms with E-state index in [0.717, 1.165) is 12.1 Å². The number of halogens is 2.